The lowest BCUT2D eigenvalue weighted by Crippen LogP contribution is -2.32. The van der Waals surface area contributed by atoms with Gasteiger partial charge in [0.05, 0.1) is 18.3 Å². The number of nitrogens with zero attached hydrogens (tertiary/aromatic N) is 4. The van der Waals surface area contributed by atoms with Crippen LogP contribution in [0.4, 0.5) is 5.82 Å². The van der Waals surface area contributed by atoms with Crippen molar-refractivity contribution in [1.29, 1.82) is 0 Å². The molecule has 1 atom stereocenters. The molecule has 8 heteroatoms. The minimum atomic E-state index is -0.236. The van der Waals surface area contributed by atoms with Gasteiger partial charge in [-0.05, 0) is 25.0 Å². The first-order valence-corrected chi connectivity index (χ1v) is 10.0. The van der Waals surface area contributed by atoms with Gasteiger partial charge in [-0.1, -0.05) is 18.2 Å². The van der Waals surface area contributed by atoms with E-state index in [1.54, 1.807) is 30.0 Å². The smallest absolute Gasteiger partial charge is 0.290 e. The van der Waals surface area contributed by atoms with Gasteiger partial charge in [0.25, 0.3) is 5.91 Å². The number of hydrogen-bond donors (Lipinski definition) is 1. The Bertz CT molecular complexity index is 1060. The van der Waals surface area contributed by atoms with Crippen LogP contribution >= 0.6 is 0 Å². The summed E-state index contributed by atoms with van der Waals surface area (Å²) < 4.78 is 5.79. The first-order valence-electron chi connectivity index (χ1n) is 10.0. The van der Waals surface area contributed by atoms with Crippen LogP contribution in [0.25, 0.3) is 11.0 Å². The maximum atomic E-state index is 13.2. The molecule has 0 aliphatic carbocycles. The fourth-order valence-electron chi connectivity index (χ4n) is 3.74. The zero-order valence-electron chi connectivity index (χ0n) is 17.4. The van der Waals surface area contributed by atoms with Gasteiger partial charge in [0.1, 0.15) is 11.4 Å². The van der Waals surface area contributed by atoms with Crippen LogP contribution < -0.4 is 5.32 Å². The number of carbonyl (C=O) groups is 2. The molecule has 1 fully saturated rings. The molecule has 0 radical (unpaired) electrons. The van der Waals surface area contributed by atoms with Crippen LogP contribution in [0.1, 0.15) is 47.9 Å². The lowest BCUT2D eigenvalue weighted by Gasteiger charge is -2.24. The standard InChI is InChI=1S/C22H25N5O3/c1-14(28)26(3)13-16-12-20(23-2)25-21(24-16)17-8-6-10-27(17)22(29)19-11-15-7-4-5-9-18(15)30-19/h4-5,7,9,11-12,17H,6,8,10,13H2,1-3H3,(H,23,24,25)/t17-/m0/s1. The Kier molecular flexibility index (Phi) is 5.39. The van der Waals surface area contributed by atoms with Crippen LogP contribution in [-0.2, 0) is 11.3 Å². The van der Waals surface area contributed by atoms with Gasteiger partial charge in [-0.3, -0.25) is 9.59 Å². The van der Waals surface area contributed by atoms with Crippen molar-refractivity contribution in [2.75, 3.05) is 26.0 Å². The topological polar surface area (TPSA) is 91.6 Å². The summed E-state index contributed by atoms with van der Waals surface area (Å²) in [5, 5.41) is 3.95. The van der Waals surface area contributed by atoms with E-state index >= 15 is 0 Å². The highest BCUT2D eigenvalue weighted by molar-refractivity contribution is 5.96. The van der Waals surface area contributed by atoms with Gasteiger partial charge >= 0.3 is 0 Å². The second-order valence-electron chi connectivity index (χ2n) is 7.53. The highest BCUT2D eigenvalue weighted by Gasteiger charge is 2.34. The van der Waals surface area contributed by atoms with Gasteiger partial charge in [0, 0.05) is 39.0 Å². The number of aromatic nitrogens is 2. The third kappa shape index (κ3) is 3.85. The van der Waals surface area contributed by atoms with Crippen LogP contribution in [-0.4, -0.2) is 52.2 Å². The predicted octanol–water partition coefficient (Wildman–Crippen LogP) is 3.22. The molecule has 0 unspecified atom stereocenters. The van der Waals surface area contributed by atoms with Crippen LogP contribution in [0, 0.1) is 0 Å². The summed E-state index contributed by atoms with van der Waals surface area (Å²) in [6.45, 7) is 2.52. The van der Waals surface area contributed by atoms with Gasteiger partial charge in [0.15, 0.2) is 11.6 Å². The molecule has 156 valence electrons. The molecule has 0 spiro atoms. The van der Waals surface area contributed by atoms with E-state index in [1.165, 1.54) is 6.92 Å². The number of likely N-dealkylation sites (tertiary alicyclic amines) is 1. The maximum Gasteiger partial charge on any atom is 0.290 e. The van der Waals surface area contributed by atoms with Crippen molar-refractivity contribution in [2.45, 2.75) is 32.4 Å². The summed E-state index contributed by atoms with van der Waals surface area (Å²) in [7, 11) is 3.52. The van der Waals surface area contributed by atoms with Crippen LogP contribution in [0.3, 0.4) is 0 Å². The largest absolute Gasteiger partial charge is 0.451 e. The van der Waals surface area contributed by atoms with Crippen molar-refractivity contribution >= 4 is 28.6 Å². The average molecular weight is 407 g/mol. The normalized spacial score (nSPS) is 16.1. The van der Waals surface area contributed by atoms with Gasteiger partial charge in [-0.25, -0.2) is 9.97 Å². The van der Waals surface area contributed by atoms with E-state index in [1.807, 2.05) is 30.3 Å². The molecule has 30 heavy (non-hydrogen) atoms. The Labute approximate surface area is 174 Å². The van der Waals surface area contributed by atoms with E-state index in [0.29, 0.717) is 36.1 Å². The number of carbonyl (C=O) groups excluding carboxylic acids is 2. The first kappa shape index (κ1) is 19.9. The molecule has 1 N–H and O–H groups in total. The van der Waals surface area contributed by atoms with Crippen LogP contribution in [0.5, 0.6) is 0 Å². The number of furan rings is 1. The Morgan fingerprint density at radius 1 is 1.27 bits per heavy atom. The summed E-state index contributed by atoms with van der Waals surface area (Å²) in [4.78, 5) is 37.5. The number of hydrogen-bond acceptors (Lipinski definition) is 6. The van der Waals surface area contributed by atoms with Crippen molar-refractivity contribution in [2.24, 2.45) is 0 Å². The number of anilines is 1. The van der Waals surface area contributed by atoms with Gasteiger partial charge in [-0.15, -0.1) is 0 Å². The second kappa shape index (κ2) is 8.14. The van der Waals surface area contributed by atoms with Gasteiger partial charge in [-0.2, -0.15) is 0 Å². The van der Waals surface area contributed by atoms with Crippen LogP contribution in [0.2, 0.25) is 0 Å². The molecule has 2 aromatic heterocycles. The van der Waals surface area contributed by atoms with E-state index in [-0.39, 0.29) is 17.9 Å². The molecule has 1 aliphatic rings. The molecule has 0 bridgehead atoms. The number of fused-ring (bicyclic) bond motifs is 1. The lowest BCUT2D eigenvalue weighted by atomic mass is 10.2. The third-order valence-electron chi connectivity index (χ3n) is 5.44. The number of rotatable bonds is 5. The summed E-state index contributed by atoms with van der Waals surface area (Å²) in [6.07, 6.45) is 1.65. The first-order chi connectivity index (χ1) is 14.5. The second-order valence-corrected chi connectivity index (χ2v) is 7.53. The van der Waals surface area contributed by atoms with Gasteiger partial charge in [0.2, 0.25) is 5.91 Å². The highest BCUT2D eigenvalue weighted by atomic mass is 16.3. The molecule has 3 aromatic rings. The number of amides is 2. The minimum absolute atomic E-state index is 0.0382. The highest BCUT2D eigenvalue weighted by Crippen LogP contribution is 2.33. The fourth-order valence-corrected chi connectivity index (χ4v) is 3.74. The SMILES string of the molecule is CNc1cc(CN(C)C(C)=O)nc([C@@H]2CCCN2C(=O)c2cc3ccccc3o2)n1. The van der Waals surface area contributed by atoms with Crippen molar-refractivity contribution in [3.8, 4) is 0 Å². The molecular weight excluding hydrogens is 382 g/mol. The summed E-state index contributed by atoms with van der Waals surface area (Å²) in [6, 6.07) is 10.9. The Morgan fingerprint density at radius 2 is 2.07 bits per heavy atom. The van der Waals surface area contributed by atoms with E-state index in [2.05, 4.69) is 15.3 Å². The Morgan fingerprint density at radius 3 is 2.80 bits per heavy atom. The van der Waals surface area contributed by atoms with Gasteiger partial charge < -0.3 is 19.5 Å². The maximum absolute atomic E-state index is 13.2. The summed E-state index contributed by atoms with van der Waals surface area (Å²) in [5.41, 5.74) is 1.42. The third-order valence-corrected chi connectivity index (χ3v) is 5.44. The molecule has 1 aromatic carbocycles. The zero-order valence-corrected chi connectivity index (χ0v) is 17.4. The molecule has 0 saturated carbocycles. The van der Waals surface area contributed by atoms with E-state index in [4.69, 9.17) is 4.42 Å². The zero-order chi connectivity index (χ0) is 21.3. The minimum Gasteiger partial charge on any atom is -0.451 e. The van der Waals surface area contributed by atoms with E-state index in [9.17, 15) is 9.59 Å². The molecule has 3 heterocycles. The molecule has 1 aliphatic heterocycles. The van der Waals surface area contributed by atoms with E-state index in [0.717, 1.165) is 23.9 Å². The van der Waals surface area contributed by atoms with Crippen molar-refractivity contribution in [1.82, 2.24) is 19.8 Å². The fraction of sp³-hybridized carbons (Fsp3) is 0.364. The number of benzene rings is 1. The lowest BCUT2D eigenvalue weighted by molar-refractivity contribution is -0.128. The molecule has 1 saturated heterocycles. The molecule has 2 amide bonds. The predicted molar refractivity (Wildman–Crippen MR) is 113 cm³/mol. The molecular formula is C22H25N5O3. The van der Waals surface area contributed by atoms with Crippen molar-refractivity contribution < 1.29 is 14.0 Å². The number of para-hydroxylation sites is 1. The molecule has 8 nitrogen and oxygen atoms in total. The Hall–Kier alpha value is -3.42. The quantitative estimate of drug-likeness (QED) is 0.698. The monoisotopic (exact) mass is 407 g/mol. The van der Waals surface area contributed by atoms with Crippen molar-refractivity contribution in [3.63, 3.8) is 0 Å². The van der Waals surface area contributed by atoms with Crippen LogP contribution in [0.15, 0.2) is 40.8 Å². The average Bonchev–Trinajstić information content (AvgIpc) is 3.40. The Balaban J connectivity index is 1.63. The summed E-state index contributed by atoms with van der Waals surface area (Å²) >= 11 is 0. The molecule has 4 rings (SSSR count). The summed E-state index contributed by atoms with van der Waals surface area (Å²) in [5.74, 6) is 1.37. The number of nitrogens with one attached hydrogen (secondary N) is 1. The van der Waals surface area contributed by atoms with E-state index < -0.39 is 0 Å². The van der Waals surface area contributed by atoms with Crippen molar-refractivity contribution in [3.05, 3.63) is 53.7 Å².